The standard InChI is InChI=1S/C19H16O5/c1-23-17-8-12-3-5-14-11(4-6-19(21)22)7-13(20)9-16(14)15(12)10-18(17)24-2/h3-10,20H,1-2H3,(H,21,22)/b6-4+. The zero-order chi connectivity index (χ0) is 17.3. The molecule has 0 heterocycles. The number of hydrogen-bond donors (Lipinski definition) is 2. The van der Waals surface area contributed by atoms with Gasteiger partial charge >= 0.3 is 5.97 Å². The fourth-order valence-corrected chi connectivity index (χ4v) is 2.81. The van der Waals surface area contributed by atoms with E-state index in [-0.39, 0.29) is 5.75 Å². The van der Waals surface area contributed by atoms with E-state index < -0.39 is 5.97 Å². The molecule has 0 spiro atoms. The number of phenolic OH excluding ortho intramolecular Hbond substituents is 1. The lowest BCUT2D eigenvalue weighted by Gasteiger charge is -2.12. The predicted octanol–water partition coefficient (Wildman–Crippen LogP) is 3.81. The Labute approximate surface area is 138 Å². The Morgan fingerprint density at radius 1 is 0.958 bits per heavy atom. The van der Waals surface area contributed by atoms with Crippen LogP contribution in [0.2, 0.25) is 0 Å². The van der Waals surface area contributed by atoms with Gasteiger partial charge in [0.25, 0.3) is 0 Å². The van der Waals surface area contributed by atoms with E-state index in [0.717, 1.165) is 27.6 Å². The lowest BCUT2D eigenvalue weighted by Crippen LogP contribution is -1.91. The van der Waals surface area contributed by atoms with Gasteiger partial charge in [0.15, 0.2) is 11.5 Å². The average molecular weight is 324 g/mol. The summed E-state index contributed by atoms with van der Waals surface area (Å²) < 4.78 is 10.7. The van der Waals surface area contributed by atoms with Gasteiger partial charge in [-0.1, -0.05) is 12.1 Å². The van der Waals surface area contributed by atoms with E-state index in [2.05, 4.69) is 0 Å². The second-order valence-corrected chi connectivity index (χ2v) is 5.30. The first-order chi connectivity index (χ1) is 11.5. The van der Waals surface area contributed by atoms with Crippen molar-refractivity contribution >= 4 is 33.6 Å². The van der Waals surface area contributed by atoms with E-state index in [9.17, 15) is 9.90 Å². The van der Waals surface area contributed by atoms with E-state index in [1.807, 2.05) is 24.3 Å². The van der Waals surface area contributed by atoms with Crippen molar-refractivity contribution in [3.05, 3.63) is 48.0 Å². The molecule has 0 atom stereocenters. The number of fused-ring (bicyclic) bond motifs is 3. The van der Waals surface area contributed by atoms with E-state index in [1.165, 1.54) is 12.1 Å². The number of benzene rings is 3. The Morgan fingerprint density at radius 2 is 1.67 bits per heavy atom. The normalized spacial score (nSPS) is 11.2. The molecule has 3 aromatic rings. The van der Waals surface area contributed by atoms with Gasteiger partial charge in [-0.25, -0.2) is 4.79 Å². The van der Waals surface area contributed by atoms with Crippen molar-refractivity contribution in [1.29, 1.82) is 0 Å². The second kappa shape index (κ2) is 6.12. The van der Waals surface area contributed by atoms with Crippen LogP contribution in [0.4, 0.5) is 0 Å². The van der Waals surface area contributed by atoms with Crippen molar-refractivity contribution in [1.82, 2.24) is 0 Å². The van der Waals surface area contributed by atoms with Crippen LogP contribution in [0, 0.1) is 0 Å². The first-order valence-electron chi connectivity index (χ1n) is 7.26. The maximum Gasteiger partial charge on any atom is 0.328 e. The van der Waals surface area contributed by atoms with E-state index >= 15 is 0 Å². The zero-order valence-electron chi connectivity index (χ0n) is 13.2. The van der Waals surface area contributed by atoms with Gasteiger partial charge in [-0.2, -0.15) is 0 Å². The largest absolute Gasteiger partial charge is 0.508 e. The number of carboxylic acid groups (broad SMARTS) is 1. The van der Waals surface area contributed by atoms with Crippen LogP contribution in [0.25, 0.3) is 27.6 Å². The lowest BCUT2D eigenvalue weighted by atomic mass is 9.97. The molecule has 0 aromatic heterocycles. The minimum atomic E-state index is -1.04. The molecule has 3 aromatic carbocycles. The predicted molar refractivity (Wildman–Crippen MR) is 92.9 cm³/mol. The molecule has 0 amide bonds. The van der Waals surface area contributed by atoms with Gasteiger partial charge in [0.1, 0.15) is 5.75 Å². The molecule has 0 saturated heterocycles. The third-order valence-electron chi connectivity index (χ3n) is 3.88. The minimum Gasteiger partial charge on any atom is -0.508 e. The number of rotatable bonds is 4. The van der Waals surface area contributed by atoms with Crippen molar-refractivity contribution < 1.29 is 24.5 Å². The summed E-state index contributed by atoms with van der Waals surface area (Å²) in [6, 6.07) is 10.7. The zero-order valence-corrected chi connectivity index (χ0v) is 13.2. The molecule has 0 bridgehead atoms. The van der Waals surface area contributed by atoms with Crippen LogP contribution in [-0.2, 0) is 4.79 Å². The molecular formula is C19H16O5. The molecule has 2 N–H and O–H groups in total. The molecule has 5 heteroatoms. The first-order valence-corrected chi connectivity index (χ1v) is 7.26. The molecule has 0 fully saturated rings. The third kappa shape index (κ3) is 2.72. The Kier molecular flexibility index (Phi) is 4.00. The van der Waals surface area contributed by atoms with Crippen LogP contribution < -0.4 is 9.47 Å². The molecule has 0 saturated carbocycles. The van der Waals surface area contributed by atoms with Gasteiger partial charge in [0.05, 0.1) is 14.2 Å². The van der Waals surface area contributed by atoms with Crippen molar-refractivity contribution in [2.24, 2.45) is 0 Å². The maximum absolute atomic E-state index is 10.8. The fourth-order valence-electron chi connectivity index (χ4n) is 2.81. The van der Waals surface area contributed by atoms with E-state index in [1.54, 1.807) is 20.3 Å². The average Bonchev–Trinajstić information content (AvgIpc) is 2.57. The van der Waals surface area contributed by atoms with E-state index in [0.29, 0.717) is 17.1 Å². The Hall–Kier alpha value is -3.21. The number of ether oxygens (including phenoxy) is 2. The number of aliphatic carboxylic acids is 1. The third-order valence-corrected chi connectivity index (χ3v) is 3.88. The van der Waals surface area contributed by atoms with Gasteiger partial charge in [-0.05, 0) is 57.4 Å². The summed E-state index contributed by atoms with van der Waals surface area (Å²) in [5, 5.41) is 22.3. The minimum absolute atomic E-state index is 0.0647. The summed E-state index contributed by atoms with van der Waals surface area (Å²) in [5.41, 5.74) is 0.629. The number of phenols is 1. The highest BCUT2D eigenvalue weighted by atomic mass is 16.5. The molecule has 0 radical (unpaired) electrons. The first kappa shape index (κ1) is 15.7. The quantitative estimate of drug-likeness (QED) is 0.564. The Balaban J connectivity index is 2.36. The van der Waals surface area contributed by atoms with Crippen molar-refractivity contribution in [2.75, 3.05) is 14.2 Å². The number of aromatic hydroxyl groups is 1. The van der Waals surface area contributed by atoms with Crippen LogP contribution in [-0.4, -0.2) is 30.4 Å². The molecule has 24 heavy (non-hydrogen) atoms. The topological polar surface area (TPSA) is 76.0 Å². The summed E-state index contributed by atoms with van der Waals surface area (Å²) in [6.07, 6.45) is 2.52. The maximum atomic E-state index is 10.8. The fraction of sp³-hybridized carbons (Fsp3) is 0.105. The molecular weight excluding hydrogens is 308 g/mol. The number of methoxy groups -OCH3 is 2. The second-order valence-electron chi connectivity index (χ2n) is 5.30. The van der Waals surface area contributed by atoms with Crippen LogP contribution in [0.15, 0.2) is 42.5 Å². The van der Waals surface area contributed by atoms with Gasteiger partial charge in [0, 0.05) is 6.08 Å². The van der Waals surface area contributed by atoms with Crippen molar-refractivity contribution in [2.45, 2.75) is 0 Å². The van der Waals surface area contributed by atoms with Crippen molar-refractivity contribution in [3.63, 3.8) is 0 Å². The Bertz CT molecular complexity index is 973. The summed E-state index contributed by atoms with van der Waals surface area (Å²) >= 11 is 0. The number of carbonyl (C=O) groups is 1. The molecule has 0 aliphatic heterocycles. The number of carboxylic acids is 1. The summed E-state index contributed by atoms with van der Waals surface area (Å²) in [6.45, 7) is 0. The van der Waals surface area contributed by atoms with Gasteiger partial charge in [-0.3, -0.25) is 0 Å². The monoisotopic (exact) mass is 324 g/mol. The molecule has 5 nitrogen and oxygen atoms in total. The summed E-state index contributed by atoms with van der Waals surface area (Å²) in [4.78, 5) is 10.8. The Morgan fingerprint density at radius 3 is 2.33 bits per heavy atom. The highest BCUT2D eigenvalue weighted by Crippen LogP contribution is 2.38. The molecule has 0 unspecified atom stereocenters. The highest BCUT2D eigenvalue weighted by molar-refractivity contribution is 6.11. The smallest absolute Gasteiger partial charge is 0.328 e. The van der Waals surface area contributed by atoms with Gasteiger partial charge in [-0.15, -0.1) is 0 Å². The molecule has 0 aliphatic carbocycles. The summed E-state index contributed by atoms with van der Waals surface area (Å²) in [5.74, 6) is 0.229. The number of hydrogen-bond acceptors (Lipinski definition) is 4. The van der Waals surface area contributed by atoms with Gasteiger partial charge < -0.3 is 19.7 Å². The van der Waals surface area contributed by atoms with Crippen LogP contribution in [0.1, 0.15) is 5.56 Å². The van der Waals surface area contributed by atoms with E-state index in [4.69, 9.17) is 14.6 Å². The van der Waals surface area contributed by atoms with Crippen LogP contribution >= 0.6 is 0 Å². The van der Waals surface area contributed by atoms with Crippen LogP contribution in [0.5, 0.6) is 17.2 Å². The molecule has 3 rings (SSSR count). The molecule has 0 aliphatic rings. The van der Waals surface area contributed by atoms with Gasteiger partial charge in [0.2, 0.25) is 0 Å². The summed E-state index contributed by atoms with van der Waals surface area (Å²) in [7, 11) is 3.14. The highest BCUT2D eigenvalue weighted by Gasteiger charge is 2.11. The SMILES string of the molecule is COc1cc2ccc3c(/C=C/C(=O)O)cc(O)cc3c2cc1OC. The van der Waals surface area contributed by atoms with Crippen molar-refractivity contribution in [3.8, 4) is 17.2 Å². The van der Waals surface area contributed by atoms with Crippen LogP contribution in [0.3, 0.4) is 0 Å². The molecule has 122 valence electrons. The lowest BCUT2D eigenvalue weighted by molar-refractivity contribution is -0.131.